The Bertz CT molecular complexity index is 1620. The van der Waals surface area contributed by atoms with Gasteiger partial charge in [-0.05, 0) is 55.0 Å². The fourth-order valence-corrected chi connectivity index (χ4v) is 8.52. The van der Waals surface area contributed by atoms with Gasteiger partial charge in [0.1, 0.15) is 14.3 Å². The second kappa shape index (κ2) is 10.7. The molecule has 0 saturated heterocycles. The largest absolute Gasteiger partial charge is 0.314 e. The van der Waals surface area contributed by atoms with Gasteiger partial charge in [0.15, 0.2) is 0 Å². The van der Waals surface area contributed by atoms with Crippen molar-refractivity contribution in [3.63, 3.8) is 0 Å². The number of hydrogen-bond donors (Lipinski definition) is 0. The van der Waals surface area contributed by atoms with Crippen LogP contribution in [0.2, 0.25) is 0 Å². The van der Waals surface area contributed by atoms with Gasteiger partial charge in [0.05, 0.1) is 0 Å². The monoisotopic (exact) mass is 534 g/mol. The molecule has 1 aliphatic carbocycles. The molecule has 0 N–H and O–H groups in total. The van der Waals surface area contributed by atoms with Crippen molar-refractivity contribution in [2.75, 3.05) is 13.3 Å². The third kappa shape index (κ3) is 5.25. The molecule has 0 radical (unpaired) electrons. The molecule has 1 unspecified atom stereocenters. The minimum absolute atomic E-state index is 0.913. The highest BCUT2D eigenvalue weighted by molar-refractivity contribution is 7.78. The van der Waals surface area contributed by atoms with Crippen LogP contribution in [0.3, 0.4) is 0 Å². The molecule has 6 rings (SSSR count). The summed E-state index contributed by atoms with van der Waals surface area (Å²) in [4.78, 5) is 0. The van der Waals surface area contributed by atoms with Crippen molar-refractivity contribution < 1.29 is 9.13 Å². The van der Waals surface area contributed by atoms with Crippen LogP contribution >= 0.6 is 14.3 Å². The summed E-state index contributed by atoms with van der Waals surface area (Å²) < 4.78 is 26.0. The van der Waals surface area contributed by atoms with Gasteiger partial charge in [0.25, 0.3) is 0 Å². The van der Waals surface area contributed by atoms with E-state index in [2.05, 4.69) is 37.3 Å². The van der Waals surface area contributed by atoms with Crippen molar-refractivity contribution in [2.45, 2.75) is 13.3 Å². The van der Waals surface area contributed by atoms with E-state index in [1.165, 1.54) is 27.8 Å². The predicted octanol–water partition coefficient (Wildman–Crippen LogP) is 7.14. The third-order valence-electron chi connectivity index (χ3n) is 7.27. The molecule has 1 atom stereocenters. The summed E-state index contributed by atoms with van der Waals surface area (Å²) in [6.07, 6.45) is 0.977. The molecule has 0 aromatic heterocycles. The van der Waals surface area contributed by atoms with Crippen LogP contribution in [0, 0.1) is 6.92 Å². The van der Waals surface area contributed by atoms with Crippen LogP contribution in [0.15, 0.2) is 127 Å². The SMILES string of the molecule is CP(=O)(c1ccccc1)c1ccccc1.Cc1ccc2c(c1)-c1cc(P(C)(=O)c3ccccc3)ccc1C2. The Morgan fingerprint density at radius 1 is 0.474 bits per heavy atom. The maximum Gasteiger partial charge on any atom is 0.140 e. The Labute approximate surface area is 226 Å². The van der Waals surface area contributed by atoms with Crippen LogP contribution in [-0.2, 0) is 15.6 Å². The number of benzene rings is 5. The first-order chi connectivity index (χ1) is 18.3. The Kier molecular flexibility index (Phi) is 7.40. The second-order valence-electron chi connectivity index (χ2n) is 10.0. The lowest BCUT2D eigenvalue weighted by Gasteiger charge is -2.15. The van der Waals surface area contributed by atoms with Gasteiger partial charge in [0.2, 0.25) is 0 Å². The third-order valence-corrected chi connectivity index (χ3v) is 12.4. The van der Waals surface area contributed by atoms with E-state index >= 15 is 0 Å². The van der Waals surface area contributed by atoms with Gasteiger partial charge in [0, 0.05) is 21.2 Å². The molecule has 0 amide bonds. The molecule has 190 valence electrons. The summed E-state index contributed by atoms with van der Waals surface area (Å²) in [5.74, 6) is 0. The molecule has 0 aliphatic heterocycles. The van der Waals surface area contributed by atoms with Crippen LogP contribution in [0.5, 0.6) is 0 Å². The molecule has 0 fully saturated rings. The Morgan fingerprint density at radius 3 is 1.34 bits per heavy atom. The van der Waals surface area contributed by atoms with E-state index in [-0.39, 0.29) is 0 Å². The molecule has 0 bridgehead atoms. The fraction of sp³-hybridized carbons (Fsp3) is 0.118. The van der Waals surface area contributed by atoms with Crippen molar-refractivity contribution in [2.24, 2.45) is 0 Å². The Balaban J connectivity index is 0.000000170. The van der Waals surface area contributed by atoms with E-state index in [0.717, 1.165) is 27.6 Å². The lowest BCUT2D eigenvalue weighted by Crippen LogP contribution is -2.15. The normalized spacial score (nSPS) is 13.4. The van der Waals surface area contributed by atoms with Crippen molar-refractivity contribution in [3.05, 3.63) is 144 Å². The highest BCUT2D eigenvalue weighted by Crippen LogP contribution is 2.43. The average Bonchev–Trinajstić information content (AvgIpc) is 3.32. The quantitative estimate of drug-likeness (QED) is 0.225. The Morgan fingerprint density at radius 2 is 0.868 bits per heavy atom. The minimum atomic E-state index is -2.55. The zero-order chi connectivity index (χ0) is 26.8. The molecule has 38 heavy (non-hydrogen) atoms. The smallest absolute Gasteiger partial charge is 0.140 e. The zero-order valence-corrected chi connectivity index (χ0v) is 23.8. The Hall–Kier alpha value is -3.44. The first kappa shape index (κ1) is 26.2. The highest BCUT2D eigenvalue weighted by atomic mass is 31.2. The maximum absolute atomic E-state index is 13.4. The number of fused-ring (bicyclic) bond motifs is 3. The molecule has 5 aromatic carbocycles. The standard InChI is InChI=1S/C21H19OP.C13H13OP/c1-15-8-9-16-13-17-10-11-19(14-21(17)20(16)12-15)23(2,22)18-6-4-3-5-7-18;1-15(14,12-8-4-2-5-9-12)13-10-6-3-7-11-13/h3-12,14H,13H2,1-2H3;2-11H,1H3. The van der Waals surface area contributed by atoms with E-state index in [1.807, 2.05) is 110 Å². The van der Waals surface area contributed by atoms with Gasteiger partial charge in [-0.15, -0.1) is 0 Å². The van der Waals surface area contributed by atoms with Gasteiger partial charge in [-0.25, -0.2) is 0 Å². The highest BCUT2D eigenvalue weighted by Gasteiger charge is 2.25. The second-order valence-corrected chi connectivity index (χ2v) is 15.8. The van der Waals surface area contributed by atoms with Crippen molar-refractivity contribution in [1.29, 1.82) is 0 Å². The van der Waals surface area contributed by atoms with Crippen molar-refractivity contribution >= 4 is 35.5 Å². The molecular weight excluding hydrogens is 502 g/mol. The van der Waals surface area contributed by atoms with E-state index in [4.69, 9.17) is 0 Å². The van der Waals surface area contributed by atoms with E-state index in [1.54, 1.807) is 0 Å². The summed E-state index contributed by atoms with van der Waals surface area (Å²) in [5, 5.41) is 3.69. The van der Waals surface area contributed by atoms with Gasteiger partial charge in [-0.3, -0.25) is 0 Å². The molecule has 1 aliphatic rings. The first-order valence-electron chi connectivity index (χ1n) is 12.8. The van der Waals surface area contributed by atoms with Gasteiger partial charge in [-0.1, -0.05) is 127 Å². The zero-order valence-electron chi connectivity index (χ0n) is 22.0. The van der Waals surface area contributed by atoms with Crippen LogP contribution < -0.4 is 21.2 Å². The van der Waals surface area contributed by atoms with Crippen molar-refractivity contribution in [1.82, 2.24) is 0 Å². The van der Waals surface area contributed by atoms with Gasteiger partial charge in [-0.2, -0.15) is 0 Å². The van der Waals surface area contributed by atoms with Crippen LogP contribution in [-0.4, -0.2) is 13.3 Å². The number of hydrogen-bond acceptors (Lipinski definition) is 2. The summed E-state index contributed by atoms with van der Waals surface area (Å²) in [6.45, 7) is 5.81. The molecule has 5 aromatic rings. The molecule has 0 saturated carbocycles. The number of aryl methyl sites for hydroxylation is 1. The van der Waals surface area contributed by atoms with Gasteiger partial charge < -0.3 is 9.13 Å². The topological polar surface area (TPSA) is 34.1 Å². The summed E-state index contributed by atoms with van der Waals surface area (Å²) in [5.41, 5.74) is 6.52. The van der Waals surface area contributed by atoms with E-state index < -0.39 is 14.3 Å². The fourth-order valence-electron chi connectivity index (χ4n) is 4.97. The molecular formula is C34H32O2P2. The van der Waals surface area contributed by atoms with E-state index in [9.17, 15) is 9.13 Å². The molecule has 2 nitrogen and oxygen atoms in total. The molecule has 4 heteroatoms. The summed E-state index contributed by atoms with van der Waals surface area (Å²) >= 11 is 0. The van der Waals surface area contributed by atoms with Crippen LogP contribution in [0.25, 0.3) is 11.1 Å². The average molecular weight is 535 g/mol. The summed E-state index contributed by atoms with van der Waals surface area (Å²) in [7, 11) is -4.95. The summed E-state index contributed by atoms with van der Waals surface area (Å²) in [6, 6.07) is 42.1. The number of rotatable bonds is 4. The predicted molar refractivity (Wildman–Crippen MR) is 164 cm³/mol. The molecule has 0 spiro atoms. The van der Waals surface area contributed by atoms with Crippen molar-refractivity contribution in [3.8, 4) is 11.1 Å². The lowest BCUT2D eigenvalue weighted by molar-refractivity contribution is 0.589. The molecule has 0 heterocycles. The minimum Gasteiger partial charge on any atom is -0.314 e. The van der Waals surface area contributed by atoms with E-state index in [0.29, 0.717) is 0 Å². The maximum atomic E-state index is 13.4. The lowest BCUT2D eigenvalue weighted by atomic mass is 10.0. The van der Waals surface area contributed by atoms with Crippen LogP contribution in [0.4, 0.5) is 0 Å². The van der Waals surface area contributed by atoms with Crippen LogP contribution in [0.1, 0.15) is 16.7 Å². The first-order valence-corrected chi connectivity index (χ1v) is 17.1. The van der Waals surface area contributed by atoms with Gasteiger partial charge >= 0.3 is 0 Å².